The van der Waals surface area contributed by atoms with Crippen LogP contribution in [-0.4, -0.2) is 26.2 Å². The second-order valence-electron chi connectivity index (χ2n) is 5.05. The van der Waals surface area contributed by atoms with E-state index in [0.29, 0.717) is 6.04 Å². The van der Waals surface area contributed by atoms with Crippen LogP contribution in [0.1, 0.15) is 31.7 Å². The Morgan fingerprint density at radius 2 is 2.00 bits per heavy atom. The molecule has 1 aromatic carbocycles. The summed E-state index contributed by atoms with van der Waals surface area (Å²) in [6.45, 7) is 4.50. The molecule has 0 aliphatic carbocycles. The number of hydrogen-bond acceptors (Lipinski definition) is 2. The van der Waals surface area contributed by atoms with Gasteiger partial charge in [0.2, 0.25) is 0 Å². The molecule has 0 bridgehead atoms. The first-order chi connectivity index (χ1) is 8.29. The summed E-state index contributed by atoms with van der Waals surface area (Å²) in [5.41, 5.74) is 2.74. The van der Waals surface area contributed by atoms with Gasteiger partial charge in [0.25, 0.3) is 0 Å². The molecule has 1 saturated heterocycles. The van der Waals surface area contributed by atoms with Gasteiger partial charge in [-0.1, -0.05) is 25.5 Å². The third-order valence-electron chi connectivity index (χ3n) is 3.69. The van der Waals surface area contributed by atoms with E-state index < -0.39 is 0 Å². The Morgan fingerprint density at radius 3 is 2.59 bits per heavy atom. The fourth-order valence-corrected chi connectivity index (χ4v) is 2.50. The summed E-state index contributed by atoms with van der Waals surface area (Å²) in [4.78, 5) is 2.36. The lowest BCUT2D eigenvalue weighted by Gasteiger charge is -2.29. The van der Waals surface area contributed by atoms with Crippen molar-refractivity contribution in [2.75, 3.05) is 25.0 Å². The molecule has 17 heavy (non-hydrogen) atoms. The maximum Gasteiger partial charge on any atom is 0.0364 e. The van der Waals surface area contributed by atoms with E-state index in [-0.39, 0.29) is 0 Å². The molecule has 1 heterocycles. The van der Waals surface area contributed by atoms with E-state index in [1.165, 1.54) is 37.1 Å². The van der Waals surface area contributed by atoms with Gasteiger partial charge in [-0.2, -0.15) is 0 Å². The lowest BCUT2D eigenvalue weighted by atomic mass is 10.0. The van der Waals surface area contributed by atoms with Crippen molar-refractivity contribution in [2.24, 2.45) is 0 Å². The third kappa shape index (κ3) is 3.47. The van der Waals surface area contributed by atoms with Crippen molar-refractivity contribution in [2.45, 2.75) is 38.6 Å². The minimum absolute atomic E-state index is 0.666. The van der Waals surface area contributed by atoms with Gasteiger partial charge in [0, 0.05) is 25.3 Å². The Labute approximate surface area is 105 Å². The predicted molar refractivity (Wildman–Crippen MR) is 74.7 cm³/mol. The lowest BCUT2D eigenvalue weighted by Crippen LogP contribution is -2.42. The van der Waals surface area contributed by atoms with Gasteiger partial charge in [0.15, 0.2) is 0 Å². The number of benzene rings is 1. The fraction of sp³-hybridized carbons (Fsp3) is 0.600. The molecule has 2 nitrogen and oxygen atoms in total. The zero-order valence-corrected chi connectivity index (χ0v) is 11.1. The van der Waals surface area contributed by atoms with Gasteiger partial charge in [-0.05, 0) is 43.5 Å². The van der Waals surface area contributed by atoms with Crippen LogP contribution in [0.25, 0.3) is 0 Å². The average molecular weight is 232 g/mol. The molecule has 2 heteroatoms. The van der Waals surface area contributed by atoms with Crippen molar-refractivity contribution < 1.29 is 0 Å². The average Bonchev–Trinajstić information content (AvgIpc) is 2.40. The molecule has 1 aliphatic heterocycles. The lowest BCUT2D eigenvalue weighted by molar-refractivity contribution is 0.403. The quantitative estimate of drug-likeness (QED) is 0.858. The highest BCUT2D eigenvalue weighted by molar-refractivity contribution is 5.47. The van der Waals surface area contributed by atoms with Crippen LogP contribution in [0.15, 0.2) is 24.3 Å². The summed E-state index contributed by atoms with van der Waals surface area (Å²) >= 11 is 0. The van der Waals surface area contributed by atoms with Crippen LogP contribution in [0.3, 0.4) is 0 Å². The molecule has 1 unspecified atom stereocenters. The van der Waals surface area contributed by atoms with Gasteiger partial charge in [0.05, 0.1) is 0 Å². The molecule has 1 aromatic rings. The molecule has 0 spiro atoms. The summed E-state index contributed by atoms with van der Waals surface area (Å²) in [6, 6.07) is 9.61. The highest BCUT2D eigenvalue weighted by Gasteiger charge is 2.14. The SMILES string of the molecule is CCc1ccc(N(C)CC2CCCCN2)cc1. The summed E-state index contributed by atoms with van der Waals surface area (Å²) in [7, 11) is 2.19. The van der Waals surface area contributed by atoms with Crippen LogP contribution in [0, 0.1) is 0 Å². The fourth-order valence-electron chi connectivity index (χ4n) is 2.50. The Kier molecular flexibility index (Phi) is 4.43. The number of aryl methyl sites for hydroxylation is 1. The van der Waals surface area contributed by atoms with E-state index >= 15 is 0 Å². The number of nitrogens with one attached hydrogen (secondary N) is 1. The molecule has 1 N–H and O–H groups in total. The maximum absolute atomic E-state index is 3.60. The molecule has 2 rings (SSSR count). The normalized spacial score (nSPS) is 20.2. The number of hydrogen-bond donors (Lipinski definition) is 1. The first-order valence-electron chi connectivity index (χ1n) is 6.83. The van der Waals surface area contributed by atoms with E-state index in [2.05, 4.69) is 48.5 Å². The molecule has 0 radical (unpaired) electrons. The predicted octanol–water partition coefficient (Wildman–Crippen LogP) is 2.83. The molecule has 94 valence electrons. The van der Waals surface area contributed by atoms with Crippen molar-refractivity contribution in [1.29, 1.82) is 0 Å². The molecule has 1 aliphatic rings. The monoisotopic (exact) mass is 232 g/mol. The highest BCUT2D eigenvalue weighted by Crippen LogP contribution is 2.16. The van der Waals surface area contributed by atoms with E-state index in [0.717, 1.165) is 13.0 Å². The van der Waals surface area contributed by atoms with Crippen LogP contribution in [0.2, 0.25) is 0 Å². The number of likely N-dealkylation sites (N-methyl/N-ethyl adjacent to an activating group) is 1. The van der Waals surface area contributed by atoms with Crippen molar-refractivity contribution in [3.8, 4) is 0 Å². The van der Waals surface area contributed by atoms with Crippen LogP contribution < -0.4 is 10.2 Å². The van der Waals surface area contributed by atoms with Gasteiger partial charge in [-0.25, -0.2) is 0 Å². The third-order valence-corrected chi connectivity index (χ3v) is 3.69. The number of anilines is 1. The first kappa shape index (κ1) is 12.4. The highest BCUT2D eigenvalue weighted by atomic mass is 15.1. The van der Waals surface area contributed by atoms with E-state index in [1.807, 2.05) is 0 Å². The number of rotatable bonds is 4. The van der Waals surface area contributed by atoms with Crippen molar-refractivity contribution in [1.82, 2.24) is 5.32 Å². The minimum atomic E-state index is 0.666. The zero-order chi connectivity index (χ0) is 12.1. The second-order valence-corrected chi connectivity index (χ2v) is 5.05. The first-order valence-corrected chi connectivity index (χ1v) is 6.83. The summed E-state index contributed by atoms with van der Waals surface area (Å²) in [6.07, 6.45) is 5.15. The van der Waals surface area contributed by atoms with Gasteiger partial charge < -0.3 is 10.2 Å². The molecule has 0 saturated carbocycles. The molecule has 1 fully saturated rings. The second kappa shape index (κ2) is 6.06. The van der Waals surface area contributed by atoms with Crippen molar-refractivity contribution >= 4 is 5.69 Å². The summed E-state index contributed by atoms with van der Waals surface area (Å²) < 4.78 is 0. The number of nitrogens with zero attached hydrogens (tertiary/aromatic N) is 1. The van der Waals surface area contributed by atoms with Crippen LogP contribution in [-0.2, 0) is 6.42 Å². The Morgan fingerprint density at radius 1 is 1.24 bits per heavy atom. The Hall–Kier alpha value is -1.02. The molecular formula is C15H24N2. The molecular weight excluding hydrogens is 208 g/mol. The van der Waals surface area contributed by atoms with E-state index in [9.17, 15) is 0 Å². The smallest absolute Gasteiger partial charge is 0.0364 e. The Balaban J connectivity index is 1.91. The topological polar surface area (TPSA) is 15.3 Å². The minimum Gasteiger partial charge on any atom is -0.373 e. The van der Waals surface area contributed by atoms with Gasteiger partial charge in [0.1, 0.15) is 0 Å². The summed E-state index contributed by atoms with van der Waals surface area (Å²) in [5, 5.41) is 3.60. The standard InChI is InChI=1S/C15H24N2/c1-3-13-7-9-15(10-8-13)17(2)12-14-6-4-5-11-16-14/h7-10,14,16H,3-6,11-12H2,1-2H3. The van der Waals surface area contributed by atoms with Crippen LogP contribution in [0.5, 0.6) is 0 Å². The van der Waals surface area contributed by atoms with Crippen molar-refractivity contribution in [3.05, 3.63) is 29.8 Å². The zero-order valence-electron chi connectivity index (χ0n) is 11.1. The molecule has 0 aromatic heterocycles. The largest absolute Gasteiger partial charge is 0.373 e. The van der Waals surface area contributed by atoms with Gasteiger partial charge in [-0.15, -0.1) is 0 Å². The molecule has 0 amide bonds. The van der Waals surface area contributed by atoms with Crippen LogP contribution in [0.4, 0.5) is 5.69 Å². The van der Waals surface area contributed by atoms with Crippen molar-refractivity contribution in [3.63, 3.8) is 0 Å². The van der Waals surface area contributed by atoms with Gasteiger partial charge >= 0.3 is 0 Å². The van der Waals surface area contributed by atoms with E-state index in [1.54, 1.807) is 0 Å². The van der Waals surface area contributed by atoms with Crippen LogP contribution >= 0.6 is 0 Å². The maximum atomic E-state index is 3.60. The number of piperidine rings is 1. The Bertz CT molecular complexity index is 325. The molecule has 1 atom stereocenters. The van der Waals surface area contributed by atoms with E-state index in [4.69, 9.17) is 0 Å². The van der Waals surface area contributed by atoms with Gasteiger partial charge in [-0.3, -0.25) is 0 Å². The summed E-state index contributed by atoms with van der Waals surface area (Å²) in [5.74, 6) is 0.